The maximum absolute atomic E-state index is 12.7. The van der Waals surface area contributed by atoms with Crippen LogP contribution in [0.1, 0.15) is 28.5 Å². The number of hydrogen-bond acceptors (Lipinski definition) is 4. The highest BCUT2D eigenvalue weighted by Crippen LogP contribution is 2.41. The third kappa shape index (κ3) is 3.41. The van der Waals surface area contributed by atoms with Gasteiger partial charge in [0.25, 0.3) is 5.91 Å². The van der Waals surface area contributed by atoms with Crippen LogP contribution in [0.2, 0.25) is 5.02 Å². The van der Waals surface area contributed by atoms with Gasteiger partial charge in [0, 0.05) is 36.6 Å². The second kappa shape index (κ2) is 7.90. The van der Waals surface area contributed by atoms with E-state index in [2.05, 4.69) is 32.4 Å². The lowest BCUT2D eigenvalue weighted by molar-refractivity contribution is 0.0947. The topological polar surface area (TPSA) is 79.0 Å². The Labute approximate surface area is 173 Å². The number of carbonyl (C=O) groups is 1. The summed E-state index contributed by atoms with van der Waals surface area (Å²) in [7, 11) is 1.56. The molecule has 6 nitrogen and oxygen atoms in total. The molecule has 3 aromatic rings. The number of nitrogens with one attached hydrogen (secondary N) is 3. The number of anilines is 2. The van der Waals surface area contributed by atoms with Crippen molar-refractivity contribution in [2.75, 3.05) is 19.0 Å². The van der Waals surface area contributed by atoms with E-state index in [0.29, 0.717) is 40.7 Å². The smallest absolute Gasteiger partial charge is 0.255 e. The minimum Gasteiger partial charge on any atom is -0.493 e. The molecular formula is C22H19ClN4O2. The minimum absolute atomic E-state index is 0.130. The number of halogens is 1. The Balaban J connectivity index is 1.94. The molecule has 7 heteroatoms. The van der Waals surface area contributed by atoms with Crippen LogP contribution >= 0.6 is 11.6 Å². The first-order valence-electron chi connectivity index (χ1n) is 9.13. The lowest BCUT2D eigenvalue weighted by Gasteiger charge is -2.17. The van der Waals surface area contributed by atoms with Gasteiger partial charge < -0.3 is 20.4 Å². The third-order valence-corrected chi connectivity index (χ3v) is 5.04. The highest BCUT2D eigenvalue weighted by molar-refractivity contribution is 6.32. The van der Waals surface area contributed by atoms with Crippen molar-refractivity contribution in [1.29, 1.82) is 0 Å². The van der Waals surface area contributed by atoms with E-state index in [1.54, 1.807) is 32.5 Å². The molecule has 0 saturated carbocycles. The van der Waals surface area contributed by atoms with Gasteiger partial charge in [0.15, 0.2) is 5.75 Å². The van der Waals surface area contributed by atoms with Crippen LogP contribution < -0.4 is 15.4 Å². The van der Waals surface area contributed by atoms with Gasteiger partial charge in [-0.1, -0.05) is 23.6 Å². The Morgan fingerprint density at radius 3 is 2.97 bits per heavy atom. The van der Waals surface area contributed by atoms with Crippen molar-refractivity contribution in [2.45, 2.75) is 13.3 Å². The van der Waals surface area contributed by atoms with E-state index in [9.17, 15) is 4.79 Å². The van der Waals surface area contributed by atoms with Crippen molar-refractivity contribution in [3.8, 4) is 28.8 Å². The largest absolute Gasteiger partial charge is 0.493 e. The lowest BCUT2D eigenvalue weighted by Crippen LogP contribution is -2.31. The van der Waals surface area contributed by atoms with Crippen LogP contribution in [0.4, 0.5) is 11.4 Å². The number of fused-ring (bicyclic) bond motifs is 1. The van der Waals surface area contributed by atoms with Crippen LogP contribution in [0, 0.1) is 11.8 Å². The molecule has 4 rings (SSSR count). The fraction of sp³-hybridized carbons (Fsp3) is 0.182. The van der Waals surface area contributed by atoms with Gasteiger partial charge in [-0.05, 0) is 25.1 Å². The predicted octanol–water partition coefficient (Wildman–Crippen LogP) is 4.14. The first-order chi connectivity index (χ1) is 14.1. The number of aromatic amines is 1. The quantitative estimate of drug-likeness (QED) is 0.569. The molecule has 0 atom stereocenters. The van der Waals surface area contributed by atoms with Gasteiger partial charge in [0.2, 0.25) is 0 Å². The number of methoxy groups -OCH3 is 1. The van der Waals surface area contributed by atoms with E-state index in [-0.39, 0.29) is 5.91 Å². The van der Waals surface area contributed by atoms with E-state index >= 15 is 0 Å². The maximum Gasteiger partial charge on any atom is 0.255 e. The Kier molecular flexibility index (Phi) is 5.15. The standard InChI is InChI=1S/C22H19ClN4O2/c1-3-5-13-12-24-10-8-14(13)19-20(18-16(26-19)9-11-25-22(18)28)27-17-7-4-6-15(23)21(17)29-2/h4,6-8,10,12,26-27H,9,11H2,1-2H3,(H,25,28). The number of benzene rings is 1. The summed E-state index contributed by atoms with van der Waals surface area (Å²) in [5, 5.41) is 6.76. The van der Waals surface area contributed by atoms with Crippen molar-refractivity contribution in [2.24, 2.45) is 0 Å². The maximum atomic E-state index is 12.7. The average molecular weight is 407 g/mol. The van der Waals surface area contributed by atoms with E-state index in [1.165, 1.54) is 0 Å². The molecule has 3 N–H and O–H groups in total. The Morgan fingerprint density at radius 1 is 1.31 bits per heavy atom. The summed E-state index contributed by atoms with van der Waals surface area (Å²) in [4.78, 5) is 20.3. The molecular weight excluding hydrogens is 388 g/mol. The highest BCUT2D eigenvalue weighted by Gasteiger charge is 2.28. The van der Waals surface area contributed by atoms with E-state index in [4.69, 9.17) is 16.3 Å². The van der Waals surface area contributed by atoms with Crippen molar-refractivity contribution < 1.29 is 9.53 Å². The summed E-state index contributed by atoms with van der Waals surface area (Å²) >= 11 is 6.29. The van der Waals surface area contributed by atoms with Gasteiger partial charge in [-0.2, -0.15) is 0 Å². The number of amides is 1. The lowest BCUT2D eigenvalue weighted by atomic mass is 10.0. The monoisotopic (exact) mass is 406 g/mol. The third-order valence-electron chi connectivity index (χ3n) is 4.75. The van der Waals surface area contributed by atoms with Crippen molar-refractivity contribution in [1.82, 2.24) is 15.3 Å². The minimum atomic E-state index is -0.130. The summed E-state index contributed by atoms with van der Waals surface area (Å²) < 4.78 is 5.47. The number of para-hydroxylation sites is 1. The number of hydrogen-bond donors (Lipinski definition) is 3. The zero-order valence-electron chi connectivity index (χ0n) is 16.0. The van der Waals surface area contributed by atoms with Crippen molar-refractivity contribution in [3.05, 3.63) is 58.5 Å². The zero-order valence-corrected chi connectivity index (χ0v) is 16.8. The number of rotatable bonds is 4. The summed E-state index contributed by atoms with van der Waals surface area (Å²) in [6.07, 6.45) is 4.14. The molecule has 1 aromatic carbocycles. The number of nitrogens with zero attached hydrogens (tertiary/aromatic N) is 1. The van der Waals surface area contributed by atoms with E-state index in [1.807, 2.05) is 18.2 Å². The molecule has 0 aliphatic carbocycles. The summed E-state index contributed by atoms with van der Waals surface area (Å²) in [5.41, 5.74) is 5.19. The molecule has 0 radical (unpaired) electrons. The molecule has 0 spiro atoms. The van der Waals surface area contributed by atoms with Gasteiger partial charge >= 0.3 is 0 Å². The summed E-state index contributed by atoms with van der Waals surface area (Å²) in [6, 6.07) is 7.32. The van der Waals surface area contributed by atoms with Gasteiger partial charge in [-0.25, -0.2) is 0 Å². The predicted molar refractivity (Wildman–Crippen MR) is 114 cm³/mol. The SMILES string of the molecule is CC#Cc1cnccc1-c1[nH]c2c(c1Nc1cccc(Cl)c1OC)C(=O)NCC2. The van der Waals surface area contributed by atoms with E-state index < -0.39 is 0 Å². The molecule has 146 valence electrons. The van der Waals surface area contributed by atoms with E-state index in [0.717, 1.165) is 22.5 Å². The van der Waals surface area contributed by atoms with Gasteiger partial charge in [-0.3, -0.25) is 9.78 Å². The number of carbonyl (C=O) groups excluding carboxylic acids is 1. The molecule has 0 saturated heterocycles. The van der Waals surface area contributed by atoms with Gasteiger partial charge in [0.1, 0.15) is 0 Å². The molecule has 0 fully saturated rings. The van der Waals surface area contributed by atoms with Crippen LogP contribution in [-0.2, 0) is 6.42 Å². The van der Waals surface area contributed by atoms with Crippen LogP contribution in [0.5, 0.6) is 5.75 Å². The summed E-state index contributed by atoms with van der Waals surface area (Å²) in [6.45, 7) is 2.36. The van der Waals surface area contributed by atoms with Gasteiger partial charge in [-0.15, -0.1) is 5.92 Å². The average Bonchev–Trinajstić information content (AvgIpc) is 3.08. The molecule has 2 aromatic heterocycles. The fourth-order valence-corrected chi connectivity index (χ4v) is 3.75. The zero-order chi connectivity index (χ0) is 20.4. The van der Waals surface area contributed by atoms with Crippen LogP contribution in [0.15, 0.2) is 36.7 Å². The molecule has 0 bridgehead atoms. The number of ether oxygens (including phenoxy) is 1. The second-order valence-electron chi connectivity index (χ2n) is 6.48. The number of pyridine rings is 1. The Morgan fingerprint density at radius 2 is 2.17 bits per heavy atom. The molecule has 1 aliphatic rings. The molecule has 29 heavy (non-hydrogen) atoms. The molecule has 1 aliphatic heterocycles. The molecule has 1 amide bonds. The van der Waals surface area contributed by atoms with Crippen molar-refractivity contribution in [3.63, 3.8) is 0 Å². The Bertz CT molecular complexity index is 1160. The van der Waals surface area contributed by atoms with Crippen LogP contribution in [0.25, 0.3) is 11.3 Å². The second-order valence-corrected chi connectivity index (χ2v) is 6.88. The fourth-order valence-electron chi connectivity index (χ4n) is 3.50. The van der Waals surface area contributed by atoms with Crippen LogP contribution in [-0.4, -0.2) is 29.5 Å². The first kappa shape index (κ1) is 18.9. The van der Waals surface area contributed by atoms with Crippen LogP contribution in [0.3, 0.4) is 0 Å². The molecule has 3 heterocycles. The molecule has 0 unspecified atom stereocenters. The van der Waals surface area contributed by atoms with Crippen molar-refractivity contribution >= 4 is 28.9 Å². The number of H-pyrrole nitrogens is 1. The first-order valence-corrected chi connectivity index (χ1v) is 9.51. The normalized spacial score (nSPS) is 12.4. The van der Waals surface area contributed by atoms with Gasteiger partial charge in [0.05, 0.1) is 40.3 Å². The Hall–Kier alpha value is -3.43. The number of aromatic nitrogens is 2. The highest BCUT2D eigenvalue weighted by atomic mass is 35.5. The summed E-state index contributed by atoms with van der Waals surface area (Å²) in [5.74, 6) is 6.38.